The quantitative estimate of drug-likeness (QED) is 0.944. The van der Waals surface area contributed by atoms with Gasteiger partial charge in [-0.2, -0.15) is 0 Å². The Morgan fingerprint density at radius 1 is 1.41 bits per heavy atom. The van der Waals surface area contributed by atoms with Gasteiger partial charge in [0.25, 0.3) is 0 Å². The molecule has 0 spiro atoms. The Morgan fingerprint density at radius 3 is 2.71 bits per heavy atom. The molecule has 1 aromatic heterocycles. The first-order valence-corrected chi connectivity index (χ1v) is 6.73. The Kier molecular flexibility index (Phi) is 3.91. The number of rotatable bonds is 3. The predicted octanol–water partition coefficient (Wildman–Crippen LogP) is 3.40. The summed E-state index contributed by atoms with van der Waals surface area (Å²) in [7, 11) is 0. The zero-order chi connectivity index (χ0) is 12.3. The Bertz CT molecular complexity index is 505. The van der Waals surface area contributed by atoms with Crippen molar-refractivity contribution in [3.8, 4) is 0 Å². The zero-order valence-electron chi connectivity index (χ0n) is 9.24. The number of nitrogens with zero attached hydrogens (tertiary/aromatic N) is 1. The lowest BCUT2D eigenvalue weighted by molar-refractivity contribution is -0.115. The summed E-state index contributed by atoms with van der Waals surface area (Å²) in [6.45, 7) is 1.90. The number of aromatic nitrogens is 1. The number of carbonyl (C=O) groups is 1. The van der Waals surface area contributed by atoms with Crippen LogP contribution in [0.5, 0.6) is 0 Å². The van der Waals surface area contributed by atoms with Gasteiger partial charge < -0.3 is 5.32 Å². The number of aryl methyl sites for hydroxylation is 1. The molecule has 3 nitrogen and oxygen atoms in total. The molecule has 0 unspecified atom stereocenters. The molecular formula is C12H11BrN2OS. The van der Waals surface area contributed by atoms with Crippen molar-refractivity contribution in [1.29, 1.82) is 0 Å². The minimum atomic E-state index is -0.0440. The summed E-state index contributed by atoms with van der Waals surface area (Å²) in [5.74, 6) is -0.0440. The third-order valence-electron chi connectivity index (χ3n) is 2.19. The number of amides is 1. The fourth-order valence-electron chi connectivity index (χ4n) is 1.38. The van der Waals surface area contributed by atoms with Crippen molar-refractivity contribution in [2.75, 3.05) is 5.32 Å². The topological polar surface area (TPSA) is 42.0 Å². The van der Waals surface area contributed by atoms with Gasteiger partial charge in [0.2, 0.25) is 5.91 Å². The van der Waals surface area contributed by atoms with Crippen molar-refractivity contribution in [3.05, 3.63) is 45.4 Å². The summed E-state index contributed by atoms with van der Waals surface area (Å²) in [5.41, 5.74) is 1.89. The van der Waals surface area contributed by atoms with E-state index in [1.54, 1.807) is 0 Å². The van der Waals surface area contributed by atoms with Crippen LogP contribution in [0.4, 0.5) is 5.13 Å². The second-order valence-electron chi connectivity index (χ2n) is 3.59. The van der Waals surface area contributed by atoms with Crippen molar-refractivity contribution in [3.63, 3.8) is 0 Å². The van der Waals surface area contributed by atoms with Crippen molar-refractivity contribution < 1.29 is 4.79 Å². The van der Waals surface area contributed by atoms with Crippen LogP contribution in [-0.4, -0.2) is 10.9 Å². The lowest BCUT2D eigenvalue weighted by atomic mass is 10.1. The number of carbonyl (C=O) groups excluding carboxylic acids is 1. The maximum atomic E-state index is 11.7. The summed E-state index contributed by atoms with van der Waals surface area (Å²) < 4.78 is 0.951. The monoisotopic (exact) mass is 310 g/mol. The Balaban J connectivity index is 1.98. The normalized spacial score (nSPS) is 10.2. The van der Waals surface area contributed by atoms with E-state index in [1.807, 2.05) is 37.3 Å². The molecule has 0 radical (unpaired) electrons. The van der Waals surface area contributed by atoms with Crippen molar-refractivity contribution in [2.45, 2.75) is 13.3 Å². The third-order valence-corrected chi connectivity index (χ3v) is 4.11. The Morgan fingerprint density at radius 2 is 2.12 bits per heavy atom. The molecule has 0 atom stereocenters. The van der Waals surface area contributed by atoms with E-state index in [0.717, 1.165) is 15.0 Å². The molecule has 2 rings (SSSR count). The van der Waals surface area contributed by atoms with E-state index in [-0.39, 0.29) is 5.91 Å². The summed E-state index contributed by atoms with van der Waals surface area (Å²) >= 11 is 4.80. The number of hydrogen-bond donors (Lipinski definition) is 1. The lowest BCUT2D eigenvalue weighted by Gasteiger charge is -2.01. The van der Waals surface area contributed by atoms with Gasteiger partial charge >= 0.3 is 0 Å². The average molecular weight is 311 g/mol. The van der Waals surface area contributed by atoms with Gasteiger partial charge in [-0.15, -0.1) is 0 Å². The predicted molar refractivity (Wildman–Crippen MR) is 73.3 cm³/mol. The van der Waals surface area contributed by atoms with Gasteiger partial charge in [0.15, 0.2) is 5.13 Å². The van der Waals surface area contributed by atoms with Crippen molar-refractivity contribution in [1.82, 2.24) is 4.98 Å². The molecule has 1 heterocycles. The van der Waals surface area contributed by atoms with Gasteiger partial charge in [0.05, 0.1) is 15.9 Å². The van der Waals surface area contributed by atoms with Gasteiger partial charge in [-0.25, -0.2) is 4.98 Å². The van der Waals surface area contributed by atoms with E-state index in [4.69, 9.17) is 0 Å². The van der Waals surface area contributed by atoms with Gasteiger partial charge in [-0.3, -0.25) is 4.79 Å². The van der Waals surface area contributed by atoms with Crippen molar-refractivity contribution in [2.24, 2.45) is 0 Å². The molecular weight excluding hydrogens is 300 g/mol. The smallest absolute Gasteiger partial charge is 0.230 e. The van der Waals surface area contributed by atoms with Crippen LogP contribution in [0.3, 0.4) is 0 Å². The zero-order valence-corrected chi connectivity index (χ0v) is 11.6. The van der Waals surface area contributed by atoms with Crippen LogP contribution >= 0.6 is 27.3 Å². The Labute approximate surface area is 112 Å². The first kappa shape index (κ1) is 12.3. The summed E-state index contributed by atoms with van der Waals surface area (Å²) in [6.07, 6.45) is 0.372. The van der Waals surface area contributed by atoms with Crippen LogP contribution in [0, 0.1) is 6.92 Å². The van der Waals surface area contributed by atoms with Gasteiger partial charge in [-0.1, -0.05) is 41.7 Å². The highest BCUT2D eigenvalue weighted by Gasteiger charge is 2.08. The van der Waals surface area contributed by atoms with Crippen molar-refractivity contribution >= 4 is 38.3 Å². The van der Waals surface area contributed by atoms with Crippen LogP contribution in [0.2, 0.25) is 0 Å². The molecule has 1 aromatic carbocycles. The van der Waals surface area contributed by atoms with Gasteiger partial charge in [0, 0.05) is 0 Å². The molecule has 2 aromatic rings. The molecule has 5 heteroatoms. The van der Waals surface area contributed by atoms with Crippen LogP contribution in [-0.2, 0) is 11.2 Å². The Hall–Kier alpha value is -1.20. The van der Waals surface area contributed by atoms with E-state index < -0.39 is 0 Å². The number of halogens is 1. The number of nitrogens with one attached hydrogen (secondary N) is 1. The molecule has 0 saturated carbocycles. The molecule has 1 amide bonds. The highest BCUT2D eigenvalue weighted by molar-refractivity contribution is 9.11. The van der Waals surface area contributed by atoms with E-state index >= 15 is 0 Å². The van der Waals surface area contributed by atoms with Crippen LogP contribution in [0.15, 0.2) is 34.1 Å². The molecule has 17 heavy (non-hydrogen) atoms. The van der Waals surface area contributed by atoms with E-state index in [2.05, 4.69) is 26.2 Å². The maximum absolute atomic E-state index is 11.7. The molecule has 88 valence electrons. The van der Waals surface area contributed by atoms with Gasteiger partial charge in [-0.05, 0) is 28.4 Å². The second-order valence-corrected chi connectivity index (χ2v) is 5.91. The highest BCUT2D eigenvalue weighted by Crippen LogP contribution is 2.27. The van der Waals surface area contributed by atoms with E-state index in [0.29, 0.717) is 11.6 Å². The van der Waals surface area contributed by atoms with E-state index in [9.17, 15) is 4.79 Å². The highest BCUT2D eigenvalue weighted by atomic mass is 79.9. The summed E-state index contributed by atoms with van der Waals surface area (Å²) in [4.78, 5) is 16.0. The first-order valence-electron chi connectivity index (χ1n) is 5.12. The molecule has 0 saturated heterocycles. The molecule has 0 fully saturated rings. The van der Waals surface area contributed by atoms with Crippen LogP contribution in [0.1, 0.15) is 11.3 Å². The largest absolute Gasteiger partial charge is 0.302 e. The summed E-state index contributed by atoms with van der Waals surface area (Å²) in [5, 5.41) is 3.43. The number of anilines is 1. The van der Waals surface area contributed by atoms with Gasteiger partial charge in [0.1, 0.15) is 0 Å². The number of thiazole rings is 1. The molecule has 0 aliphatic rings. The minimum Gasteiger partial charge on any atom is -0.302 e. The molecule has 0 bridgehead atoms. The number of benzene rings is 1. The van der Waals surface area contributed by atoms with E-state index in [1.165, 1.54) is 11.3 Å². The molecule has 0 aliphatic heterocycles. The standard InChI is InChI=1S/C12H11BrN2OS/c1-8-11(13)17-12(14-8)15-10(16)7-9-5-3-2-4-6-9/h2-6H,7H2,1H3,(H,14,15,16). The first-order chi connectivity index (χ1) is 8.15. The second kappa shape index (κ2) is 5.42. The summed E-state index contributed by atoms with van der Waals surface area (Å²) in [6, 6.07) is 9.65. The SMILES string of the molecule is Cc1nc(NC(=O)Cc2ccccc2)sc1Br. The molecule has 0 aliphatic carbocycles. The number of hydrogen-bond acceptors (Lipinski definition) is 3. The molecule has 1 N–H and O–H groups in total. The average Bonchev–Trinajstić information content (AvgIpc) is 2.59. The minimum absolute atomic E-state index is 0.0440. The maximum Gasteiger partial charge on any atom is 0.230 e. The fraction of sp³-hybridized carbons (Fsp3) is 0.167. The van der Waals surface area contributed by atoms with Crippen LogP contribution in [0.25, 0.3) is 0 Å². The lowest BCUT2D eigenvalue weighted by Crippen LogP contribution is -2.14. The van der Waals surface area contributed by atoms with Crippen LogP contribution < -0.4 is 5.32 Å². The third kappa shape index (κ3) is 3.38. The fourth-order valence-corrected chi connectivity index (χ4v) is 2.64.